The molecule has 18 heavy (non-hydrogen) atoms. The highest BCUT2D eigenvalue weighted by molar-refractivity contribution is 4.96. The summed E-state index contributed by atoms with van der Waals surface area (Å²) in [6.07, 6.45) is 9.52. The maximum atomic E-state index is 6.21. The standard InChI is InChI=1S/C15H29N3/c1-2-17-8-4-7-15(17)11-18-13-5-3-6-14(18)10-12(16)9-13/h12-15H,2-11,16H2,1H3. The van der Waals surface area contributed by atoms with Crippen LogP contribution in [0.3, 0.4) is 0 Å². The summed E-state index contributed by atoms with van der Waals surface area (Å²) < 4.78 is 0. The minimum atomic E-state index is 0.474. The van der Waals surface area contributed by atoms with Crippen LogP contribution in [-0.4, -0.2) is 53.6 Å². The lowest BCUT2D eigenvalue weighted by molar-refractivity contribution is 0.0131. The summed E-state index contributed by atoms with van der Waals surface area (Å²) in [5, 5.41) is 0. The molecular formula is C15H29N3. The molecule has 3 fully saturated rings. The fourth-order valence-electron chi connectivity index (χ4n) is 4.58. The third-order valence-electron chi connectivity index (χ3n) is 5.49. The van der Waals surface area contributed by atoms with Gasteiger partial charge >= 0.3 is 0 Å². The molecule has 3 aliphatic rings. The molecular weight excluding hydrogens is 222 g/mol. The molecule has 0 saturated carbocycles. The van der Waals surface area contributed by atoms with Crippen LogP contribution in [0.15, 0.2) is 0 Å². The summed E-state index contributed by atoms with van der Waals surface area (Å²) in [6, 6.07) is 2.90. The van der Waals surface area contributed by atoms with Crippen LogP contribution in [0.2, 0.25) is 0 Å². The Morgan fingerprint density at radius 2 is 1.78 bits per heavy atom. The van der Waals surface area contributed by atoms with E-state index in [1.54, 1.807) is 0 Å². The van der Waals surface area contributed by atoms with E-state index in [1.165, 1.54) is 64.6 Å². The van der Waals surface area contributed by atoms with Gasteiger partial charge in [0.25, 0.3) is 0 Å². The van der Waals surface area contributed by atoms with Gasteiger partial charge in [-0.1, -0.05) is 13.3 Å². The molecule has 0 aliphatic carbocycles. The molecule has 2 N–H and O–H groups in total. The fraction of sp³-hybridized carbons (Fsp3) is 1.00. The lowest BCUT2D eigenvalue weighted by Crippen LogP contribution is -2.58. The van der Waals surface area contributed by atoms with Crippen molar-refractivity contribution in [2.24, 2.45) is 5.73 Å². The highest BCUT2D eigenvalue weighted by Crippen LogP contribution is 2.34. The van der Waals surface area contributed by atoms with Gasteiger partial charge in [0.2, 0.25) is 0 Å². The fourth-order valence-corrected chi connectivity index (χ4v) is 4.58. The third kappa shape index (κ3) is 2.45. The Balaban J connectivity index is 1.64. The van der Waals surface area contributed by atoms with Crippen molar-refractivity contribution in [1.82, 2.24) is 9.80 Å². The molecule has 3 atom stereocenters. The predicted octanol–water partition coefficient (Wildman–Crippen LogP) is 1.81. The summed E-state index contributed by atoms with van der Waals surface area (Å²) in [7, 11) is 0. The molecule has 0 amide bonds. The smallest absolute Gasteiger partial charge is 0.0223 e. The lowest BCUT2D eigenvalue weighted by atomic mass is 9.81. The average molecular weight is 251 g/mol. The number of fused-ring (bicyclic) bond motifs is 2. The average Bonchev–Trinajstić information content (AvgIpc) is 2.77. The van der Waals surface area contributed by atoms with Crippen molar-refractivity contribution in [2.45, 2.75) is 76.0 Å². The molecule has 3 saturated heterocycles. The normalized spacial score (nSPS) is 42.3. The van der Waals surface area contributed by atoms with Crippen molar-refractivity contribution < 1.29 is 0 Å². The van der Waals surface area contributed by atoms with E-state index in [9.17, 15) is 0 Å². The summed E-state index contributed by atoms with van der Waals surface area (Å²) in [5.74, 6) is 0. The van der Waals surface area contributed by atoms with Gasteiger partial charge < -0.3 is 5.73 Å². The number of hydrogen-bond acceptors (Lipinski definition) is 3. The minimum absolute atomic E-state index is 0.474. The van der Waals surface area contributed by atoms with Crippen LogP contribution < -0.4 is 5.73 Å². The molecule has 0 aromatic carbocycles. The number of likely N-dealkylation sites (tertiary alicyclic amines) is 1. The van der Waals surface area contributed by atoms with Crippen molar-refractivity contribution in [3.05, 3.63) is 0 Å². The largest absolute Gasteiger partial charge is 0.328 e. The quantitative estimate of drug-likeness (QED) is 0.830. The van der Waals surface area contributed by atoms with E-state index in [0.29, 0.717) is 6.04 Å². The van der Waals surface area contributed by atoms with Crippen molar-refractivity contribution in [3.8, 4) is 0 Å². The van der Waals surface area contributed by atoms with Gasteiger partial charge in [-0.25, -0.2) is 0 Å². The zero-order valence-corrected chi connectivity index (χ0v) is 11.9. The number of rotatable bonds is 3. The molecule has 0 aromatic rings. The van der Waals surface area contributed by atoms with Gasteiger partial charge in [-0.2, -0.15) is 0 Å². The first-order valence-corrected chi connectivity index (χ1v) is 8.03. The SMILES string of the molecule is CCN1CCCC1CN1C2CCCC1CC(N)C2. The van der Waals surface area contributed by atoms with Crippen molar-refractivity contribution in [2.75, 3.05) is 19.6 Å². The predicted molar refractivity (Wildman–Crippen MR) is 75.6 cm³/mol. The van der Waals surface area contributed by atoms with Gasteiger partial charge in [0.15, 0.2) is 0 Å². The second-order valence-corrected chi connectivity index (χ2v) is 6.59. The van der Waals surface area contributed by atoms with Gasteiger partial charge in [0.05, 0.1) is 0 Å². The van der Waals surface area contributed by atoms with Crippen molar-refractivity contribution >= 4 is 0 Å². The van der Waals surface area contributed by atoms with Gasteiger partial charge in [-0.3, -0.25) is 9.80 Å². The van der Waals surface area contributed by atoms with Crippen LogP contribution >= 0.6 is 0 Å². The van der Waals surface area contributed by atoms with Crippen LogP contribution in [-0.2, 0) is 0 Å². The Morgan fingerprint density at radius 1 is 1.06 bits per heavy atom. The topological polar surface area (TPSA) is 32.5 Å². The molecule has 3 heteroatoms. The van der Waals surface area contributed by atoms with E-state index in [0.717, 1.165) is 18.1 Å². The number of piperidine rings is 2. The number of nitrogens with two attached hydrogens (primary N) is 1. The second kappa shape index (κ2) is 5.48. The number of nitrogens with zero attached hydrogens (tertiary/aromatic N) is 2. The van der Waals surface area contributed by atoms with Crippen LogP contribution in [0.1, 0.15) is 51.9 Å². The monoisotopic (exact) mass is 251 g/mol. The zero-order valence-electron chi connectivity index (χ0n) is 11.9. The van der Waals surface area contributed by atoms with E-state index >= 15 is 0 Å². The van der Waals surface area contributed by atoms with E-state index in [2.05, 4.69) is 16.7 Å². The molecule has 3 nitrogen and oxygen atoms in total. The molecule has 0 spiro atoms. The third-order valence-corrected chi connectivity index (χ3v) is 5.49. The highest BCUT2D eigenvalue weighted by atomic mass is 15.3. The first kappa shape index (κ1) is 12.9. The summed E-state index contributed by atoms with van der Waals surface area (Å²) >= 11 is 0. The Bertz CT molecular complexity index is 267. The molecule has 2 bridgehead atoms. The van der Waals surface area contributed by atoms with E-state index in [-0.39, 0.29) is 0 Å². The van der Waals surface area contributed by atoms with E-state index < -0.39 is 0 Å². The molecule has 3 unspecified atom stereocenters. The zero-order chi connectivity index (χ0) is 12.5. The van der Waals surface area contributed by atoms with Gasteiger partial charge in [0.1, 0.15) is 0 Å². The molecule has 3 heterocycles. The highest BCUT2D eigenvalue weighted by Gasteiger charge is 2.39. The molecule has 3 rings (SSSR count). The number of likely N-dealkylation sites (N-methyl/N-ethyl adjacent to an activating group) is 1. The minimum Gasteiger partial charge on any atom is -0.328 e. The van der Waals surface area contributed by atoms with Crippen LogP contribution in [0.5, 0.6) is 0 Å². The summed E-state index contributed by atoms with van der Waals surface area (Å²) in [5.41, 5.74) is 6.21. The first-order chi connectivity index (χ1) is 8.78. The first-order valence-electron chi connectivity index (χ1n) is 8.03. The van der Waals surface area contributed by atoms with Crippen molar-refractivity contribution in [3.63, 3.8) is 0 Å². The van der Waals surface area contributed by atoms with Gasteiger partial charge in [0, 0.05) is 30.7 Å². The van der Waals surface area contributed by atoms with E-state index in [1.807, 2.05) is 0 Å². The molecule has 104 valence electrons. The van der Waals surface area contributed by atoms with E-state index in [4.69, 9.17) is 5.73 Å². The second-order valence-electron chi connectivity index (χ2n) is 6.59. The Hall–Kier alpha value is -0.120. The molecule has 0 radical (unpaired) electrons. The Labute approximate surface area is 112 Å². The van der Waals surface area contributed by atoms with Crippen LogP contribution in [0, 0.1) is 0 Å². The summed E-state index contributed by atoms with van der Waals surface area (Å²) in [6.45, 7) is 6.18. The van der Waals surface area contributed by atoms with Gasteiger partial charge in [-0.15, -0.1) is 0 Å². The Kier molecular flexibility index (Phi) is 3.92. The maximum Gasteiger partial charge on any atom is 0.0223 e. The Morgan fingerprint density at radius 3 is 2.44 bits per heavy atom. The van der Waals surface area contributed by atoms with Gasteiger partial charge in [-0.05, 0) is 51.6 Å². The molecule has 3 aliphatic heterocycles. The number of hydrogen-bond donors (Lipinski definition) is 1. The molecule has 0 aromatic heterocycles. The maximum absolute atomic E-state index is 6.21. The lowest BCUT2D eigenvalue weighted by Gasteiger charge is -2.49. The van der Waals surface area contributed by atoms with Crippen LogP contribution in [0.25, 0.3) is 0 Å². The van der Waals surface area contributed by atoms with Crippen molar-refractivity contribution in [1.29, 1.82) is 0 Å². The summed E-state index contributed by atoms with van der Waals surface area (Å²) in [4.78, 5) is 5.52. The van der Waals surface area contributed by atoms with Crippen LogP contribution in [0.4, 0.5) is 0 Å².